The molecule has 4 rings (SSSR count). The topological polar surface area (TPSA) is 59.3 Å². The lowest BCUT2D eigenvalue weighted by molar-refractivity contribution is -0.113. The molecule has 0 aliphatic heterocycles. The van der Waals surface area contributed by atoms with Crippen molar-refractivity contribution in [1.29, 1.82) is 0 Å². The lowest BCUT2D eigenvalue weighted by Crippen LogP contribution is -2.14. The van der Waals surface area contributed by atoms with E-state index in [1.54, 1.807) is 28.4 Å². The Hall–Kier alpha value is -1.90. The van der Waals surface area contributed by atoms with Gasteiger partial charge in [-0.1, -0.05) is 70.5 Å². The SMILES string of the molecule is O=C(CSc1nnc2c(Cl)cc(Cl)cn12)Nc1ccccc1Sc1ccc(Cl)cc1. The van der Waals surface area contributed by atoms with Gasteiger partial charge < -0.3 is 5.32 Å². The highest BCUT2D eigenvalue weighted by atomic mass is 35.5. The molecule has 0 bridgehead atoms. The van der Waals surface area contributed by atoms with E-state index in [2.05, 4.69) is 15.5 Å². The quantitative estimate of drug-likeness (QED) is 0.306. The van der Waals surface area contributed by atoms with Crippen LogP contribution in [0.3, 0.4) is 0 Å². The van der Waals surface area contributed by atoms with E-state index in [9.17, 15) is 4.79 Å². The van der Waals surface area contributed by atoms with Gasteiger partial charge in [-0.3, -0.25) is 9.20 Å². The van der Waals surface area contributed by atoms with E-state index in [4.69, 9.17) is 34.8 Å². The Morgan fingerprint density at radius 1 is 1.00 bits per heavy atom. The number of carbonyl (C=O) groups excluding carboxylic acids is 1. The summed E-state index contributed by atoms with van der Waals surface area (Å²) in [6.45, 7) is 0. The molecule has 10 heteroatoms. The van der Waals surface area contributed by atoms with E-state index in [0.29, 0.717) is 25.9 Å². The first-order chi connectivity index (χ1) is 14.5. The average molecular weight is 496 g/mol. The number of pyridine rings is 1. The fourth-order valence-electron chi connectivity index (χ4n) is 2.61. The van der Waals surface area contributed by atoms with Crippen LogP contribution < -0.4 is 5.32 Å². The van der Waals surface area contributed by atoms with Crippen LogP contribution in [0.2, 0.25) is 15.1 Å². The van der Waals surface area contributed by atoms with Gasteiger partial charge in [0, 0.05) is 21.0 Å². The summed E-state index contributed by atoms with van der Waals surface area (Å²) < 4.78 is 1.67. The molecule has 0 spiro atoms. The van der Waals surface area contributed by atoms with E-state index in [-0.39, 0.29) is 11.7 Å². The zero-order chi connectivity index (χ0) is 21.1. The lowest BCUT2D eigenvalue weighted by atomic mass is 10.3. The van der Waals surface area contributed by atoms with E-state index >= 15 is 0 Å². The highest BCUT2D eigenvalue weighted by Crippen LogP contribution is 2.34. The van der Waals surface area contributed by atoms with E-state index in [1.807, 2.05) is 48.5 Å². The van der Waals surface area contributed by atoms with Gasteiger partial charge in [0.2, 0.25) is 5.91 Å². The van der Waals surface area contributed by atoms with Crippen LogP contribution in [0.25, 0.3) is 5.65 Å². The summed E-state index contributed by atoms with van der Waals surface area (Å²) in [6, 6.07) is 16.8. The molecule has 0 aliphatic carbocycles. The van der Waals surface area contributed by atoms with Crippen LogP contribution in [0.4, 0.5) is 5.69 Å². The molecule has 0 atom stereocenters. The molecule has 4 aromatic rings. The first kappa shape index (κ1) is 21.3. The van der Waals surface area contributed by atoms with Crippen molar-refractivity contribution in [3.8, 4) is 0 Å². The van der Waals surface area contributed by atoms with Gasteiger partial charge in [-0.25, -0.2) is 0 Å². The molecule has 152 valence electrons. The molecule has 2 aromatic carbocycles. The Morgan fingerprint density at radius 2 is 1.77 bits per heavy atom. The maximum absolute atomic E-state index is 12.6. The monoisotopic (exact) mass is 494 g/mol. The van der Waals surface area contributed by atoms with Crippen LogP contribution in [-0.4, -0.2) is 26.3 Å². The summed E-state index contributed by atoms with van der Waals surface area (Å²) in [6.07, 6.45) is 1.67. The van der Waals surface area contributed by atoms with E-state index < -0.39 is 0 Å². The molecule has 30 heavy (non-hydrogen) atoms. The van der Waals surface area contributed by atoms with Crippen molar-refractivity contribution in [2.45, 2.75) is 14.9 Å². The van der Waals surface area contributed by atoms with Crippen molar-refractivity contribution < 1.29 is 4.79 Å². The van der Waals surface area contributed by atoms with Crippen LogP contribution in [0.15, 0.2) is 75.7 Å². The molecule has 0 aliphatic rings. The molecule has 1 N–H and O–H groups in total. The summed E-state index contributed by atoms with van der Waals surface area (Å²) in [7, 11) is 0. The van der Waals surface area contributed by atoms with Crippen molar-refractivity contribution in [3.05, 3.63) is 75.9 Å². The second kappa shape index (κ2) is 9.49. The molecule has 0 saturated carbocycles. The Morgan fingerprint density at radius 3 is 2.57 bits per heavy atom. The van der Waals surface area contributed by atoms with Crippen LogP contribution in [-0.2, 0) is 4.79 Å². The Bertz CT molecular complexity index is 1210. The van der Waals surface area contributed by atoms with E-state index in [0.717, 1.165) is 15.5 Å². The molecule has 0 unspecified atom stereocenters. The van der Waals surface area contributed by atoms with Gasteiger partial charge in [-0.15, -0.1) is 10.2 Å². The summed E-state index contributed by atoms with van der Waals surface area (Å²) >= 11 is 20.9. The van der Waals surface area contributed by atoms with Gasteiger partial charge in [0.1, 0.15) is 0 Å². The van der Waals surface area contributed by atoms with Crippen LogP contribution in [0.1, 0.15) is 0 Å². The number of amides is 1. The molecule has 1 amide bonds. The number of benzene rings is 2. The first-order valence-electron chi connectivity index (χ1n) is 8.64. The third-order valence-corrected chi connectivity index (χ3v) is 6.69. The molecule has 0 fully saturated rings. The number of halogens is 3. The normalized spacial score (nSPS) is 11.0. The predicted octanol–water partition coefficient (Wildman–Crippen LogP) is 6.57. The number of fused-ring (bicyclic) bond motifs is 1. The van der Waals surface area contributed by atoms with Crippen molar-refractivity contribution in [2.24, 2.45) is 0 Å². The van der Waals surface area contributed by atoms with Gasteiger partial charge >= 0.3 is 0 Å². The minimum atomic E-state index is -0.158. The van der Waals surface area contributed by atoms with Gasteiger partial charge in [0.25, 0.3) is 0 Å². The number of anilines is 1. The van der Waals surface area contributed by atoms with Gasteiger partial charge in [-0.2, -0.15) is 0 Å². The summed E-state index contributed by atoms with van der Waals surface area (Å²) in [5.41, 5.74) is 1.23. The Balaban J connectivity index is 1.44. The molecule has 5 nitrogen and oxygen atoms in total. The average Bonchev–Trinajstić information content (AvgIpc) is 3.13. The number of nitrogens with one attached hydrogen (secondary N) is 1. The summed E-state index contributed by atoms with van der Waals surface area (Å²) in [5, 5.41) is 13.2. The van der Waals surface area contributed by atoms with Crippen LogP contribution in [0, 0.1) is 0 Å². The Kier molecular flexibility index (Phi) is 6.75. The smallest absolute Gasteiger partial charge is 0.234 e. The number of nitrogens with zero attached hydrogens (tertiary/aromatic N) is 3. The number of carbonyl (C=O) groups is 1. The first-order valence-corrected chi connectivity index (χ1v) is 11.6. The predicted molar refractivity (Wildman–Crippen MR) is 124 cm³/mol. The van der Waals surface area contributed by atoms with Gasteiger partial charge in [0.05, 0.1) is 21.5 Å². The second-order valence-electron chi connectivity index (χ2n) is 6.07. The fourth-order valence-corrected chi connectivity index (χ4v) is 4.85. The molecular weight excluding hydrogens is 483 g/mol. The zero-order valence-electron chi connectivity index (χ0n) is 15.2. The number of rotatable bonds is 6. The maximum atomic E-state index is 12.6. The number of hydrogen-bond donors (Lipinski definition) is 1. The number of thioether (sulfide) groups is 1. The van der Waals surface area contributed by atoms with Crippen LogP contribution >= 0.6 is 58.3 Å². The summed E-state index contributed by atoms with van der Waals surface area (Å²) in [5.74, 6) is -0.000694. The van der Waals surface area contributed by atoms with Gasteiger partial charge in [0.15, 0.2) is 10.8 Å². The van der Waals surface area contributed by atoms with Gasteiger partial charge in [-0.05, 0) is 42.5 Å². The molecular formula is C20H13Cl3N4OS2. The number of para-hydroxylation sites is 1. The minimum Gasteiger partial charge on any atom is -0.324 e. The highest BCUT2D eigenvalue weighted by Gasteiger charge is 2.13. The molecule has 0 saturated heterocycles. The van der Waals surface area contributed by atoms with Crippen molar-refractivity contribution >= 4 is 75.6 Å². The second-order valence-corrected chi connectivity index (χ2v) is 9.41. The highest BCUT2D eigenvalue weighted by molar-refractivity contribution is 8.00. The van der Waals surface area contributed by atoms with Crippen LogP contribution in [0.5, 0.6) is 0 Å². The fraction of sp³-hybridized carbons (Fsp3) is 0.0500. The van der Waals surface area contributed by atoms with E-state index in [1.165, 1.54) is 11.8 Å². The maximum Gasteiger partial charge on any atom is 0.234 e. The van der Waals surface area contributed by atoms with Crippen molar-refractivity contribution in [1.82, 2.24) is 14.6 Å². The standard InChI is InChI=1S/C20H13Cl3N4OS2/c21-12-5-7-14(8-6-12)30-17-4-2-1-3-16(17)24-18(28)11-29-20-26-25-19-15(23)9-13(22)10-27(19)20/h1-10H,11H2,(H,24,28). The summed E-state index contributed by atoms with van der Waals surface area (Å²) in [4.78, 5) is 14.5. The molecule has 2 heterocycles. The number of hydrogen-bond acceptors (Lipinski definition) is 5. The Labute approximate surface area is 196 Å². The molecule has 0 radical (unpaired) electrons. The zero-order valence-corrected chi connectivity index (χ0v) is 19.1. The van der Waals surface area contributed by atoms with Crippen molar-refractivity contribution in [2.75, 3.05) is 11.1 Å². The minimum absolute atomic E-state index is 0.158. The third kappa shape index (κ3) is 5.04. The van der Waals surface area contributed by atoms with Crippen molar-refractivity contribution in [3.63, 3.8) is 0 Å². The largest absolute Gasteiger partial charge is 0.324 e. The lowest BCUT2D eigenvalue weighted by Gasteiger charge is -2.10. The number of aromatic nitrogens is 3. The molecule has 2 aromatic heterocycles. The third-order valence-electron chi connectivity index (χ3n) is 3.93.